The summed E-state index contributed by atoms with van der Waals surface area (Å²) in [7, 11) is -3.65. The van der Waals surface area contributed by atoms with E-state index in [-0.39, 0.29) is 42.8 Å². The standard InChI is InChI=1S/C18H20BrN3O4S/c19-15-6-8-16(9-7-15)27(25,26)22-11-10-17(23)20-12-13-21-18(24)14-4-2-1-3-5-14/h1-9,22H,10-13H2,(H,20,23)(H,21,24). The summed E-state index contributed by atoms with van der Waals surface area (Å²) in [6.45, 7) is 0.529. The molecule has 3 N–H and O–H groups in total. The molecular weight excluding hydrogens is 434 g/mol. The Morgan fingerprint density at radius 2 is 1.48 bits per heavy atom. The van der Waals surface area contributed by atoms with E-state index in [0.717, 1.165) is 4.47 Å². The predicted molar refractivity (Wildman–Crippen MR) is 106 cm³/mol. The molecule has 27 heavy (non-hydrogen) atoms. The first-order valence-corrected chi connectivity index (χ1v) is 10.5. The highest BCUT2D eigenvalue weighted by molar-refractivity contribution is 9.10. The van der Waals surface area contributed by atoms with E-state index in [4.69, 9.17) is 0 Å². The predicted octanol–water partition coefficient (Wildman–Crippen LogP) is 1.66. The van der Waals surface area contributed by atoms with E-state index in [1.165, 1.54) is 12.1 Å². The molecule has 0 saturated carbocycles. The molecule has 2 aromatic rings. The number of carbonyl (C=O) groups is 2. The van der Waals surface area contributed by atoms with Crippen LogP contribution in [-0.4, -0.2) is 39.9 Å². The molecule has 2 amide bonds. The third kappa shape index (κ3) is 7.12. The topological polar surface area (TPSA) is 104 Å². The van der Waals surface area contributed by atoms with Crippen molar-refractivity contribution in [3.63, 3.8) is 0 Å². The highest BCUT2D eigenvalue weighted by Gasteiger charge is 2.13. The number of benzene rings is 2. The number of halogens is 1. The van der Waals surface area contributed by atoms with Crippen LogP contribution in [0.25, 0.3) is 0 Å². The lowest BCUT2D eigenvalue weighted by Crippen LogP contribution is -2.36. The quantitative estimate of drug-likeness (QED) is 0.502. The van der Waals surface area contributed by atoms with Crippen LogP contribution in [0.5, 0.6) is 0 Å². The fraction of sp³-hybridized carbons (Fsp3) is 0.222. The minimum Gasteiger partial charge on any atom is -0.354 e. The Labute approximate surface area is 166 Å². The normalized spacial score (nSPS) is 11.0. The zero-order valence-corrected chi connectivity index (χ0v) is 16.8. The molecule has 0 aliphatic heterocycles. The van der Waals surface area contributed by atoms with Gasteiger partial charge in [0.05, 0.1) is 4.90 Å². The minimum atomic E-state index is -3.65. The van der Waals surface area contributed by atoms with Crippen LogP contribution in [0.3, 0.4) is 0 Å². The van der Waals surface area contributed by atoms with Crippen LogP contribution in [0.2, 0.25) is 0 Å². The van der Waals surface area contributed by atoms with Gasteiger partial charge in [-0.15, -0.1) is 0 Å². The van der Waals surface area contributed by atoms with Crippen LogP contribution < -0.4 is 15.4 Å². The monoisotopic (exact) mass is 453 g/mol. The lowest BCUT2D eigenvalue weighted by molar-refractivity contribution is -0.120. The Morgan fingerprint density at radius 1 is 0.852 bits per heavy atom. The highest BCUT2D eigenvalue weighted by Crippen LogP contribution is 2.14. The van der Waals surface area contributed by atoms with Crippen molar-refractivity contribution in [2.75, 3.05) is 19.6 Å². The first kappa shape index (κ1) is 21.1. The molecule has 0 bridgehead atoms. The second kappa shape index (κ2) is 10.2. The van der Waals surface area contributed by atoms with E-state index in [2.05, 4.69) is 31.3 Å². The van der Waals surface area contributed by atoms with Gasteiger partial charge in [0.25, 0.3) is 5.91 Å². The number of sulfonamides is 1. The van der Waals surface area contributed by atoms with Gasteiger partial charge in [-0.05, 0) is 36.4 Å². The highest BCUT2D eigenvalue weighted by atomic mass is 79.9. The van der Waals surface area contributed by atoms with Gasteiger partial charge in [-0.25, -0.2) is 13.1 Å². The van der Waals surface area contributed by atoms with Crippen LogP contribution in [0.15, 0.2) is 64.0 Å². The molecule has 9 heteroatoms. The summed E-state index contributed by atoms with van der Waals surface area (Å²) in [6.07, 6.45) is 0.00237. The number of hydrogen-bond donors (Lipinski definition) is 3. The summed E-state index contributed by atoms with van der Waals surface area (Å²) in [4.78, 5) is 23.7. The third-order valence-electron chi connectivity index (χ3n) is 3.54. The third-order valence-corrected chi connectivity index (χ3v) is 5.54. The second-order valence-electron chi connectivity index (χ2n) is 5.57. The molecule has 0 aliphatic carbocycles. The van der Waals surface area contributed by atoms with Gasteiger partial charge in [-0.3, -0.25) is 9.59 Å². The maximum absolute atomic E-state index is 12.1. The van der Waals surface area contributed by atoms with Crippen molar-refractivity contribution in [3.8, 4) is 0 Å². The van der Waals surface area contributed by atoms with Crippen molar-refractivity contribution in [1.82, 2.24) is 15.4 Å². The fourth-order valence-corrected chi connectivity index (χ4v) is 3.45. The Morgan fingerprint density at radius 3 is 2.15 bits per heavy atom. The second-order valence-corrected chi connectivity index (χ2v) is 8.26. The number of nitrogens with one attached hydrogen (secondary N) is 3. The zero-order valence-electron chi connectivity index (χ0n) is 14.4. The zero-order chi connectivity index (χ0) is 19.7. The largest absolute Gasteiger partial charge is 0.354 e. The smallest absolute Gasteiger partial charge is 0.251 e. The van der Waals surface area contributed by atoms with Crippen molar-refractivity contribution in [3.05, 3.63) is 64.6 Å². The Bertz CT molecular complexity index is 871. The molecule has 2 rings (SSSR count). The lowest BCUT2D eigenvalue weighted by atomic mass is 10.2. The molecule has 0 unspecified atom stereocenters. The summed E-state index contributed by atoms with van der Waals surface area (Å²) in [5, 5.41) is 5.32. The SMILES string of the molecule is O=C(CCNS(=O)(=O)c1ccc(Br)cc1)NCCNC(=O)c1ccccc1. The van der Waals surface area contributed by atoms with Crippen LogP contribution >= 0.6 is 15.9 Å². The summed E-state index contributed by atoms with van der Waals surface area (Å²) in [5.74, 6) is -0.519. The van der Waals surface area contributed by atoms with Crippen molar-refractivity contribution in [2.24, 2.45) is 0 Å². The molecule has 0 fully saturated rings. The van der Waals surface area contributed by atoms with E-state index in [0.29, 0.717) is 5.56 Å². The van der Waals surface area contributed by atoms with Gasteiger partial charge >= 0.3 is 0 Å². The van der Waals surface area contributed by atoms with Gasteiger partial charge in [0.1, 0.15) is 0 Å². The number of hydrogen-bond acceptors (Lipinski definition) is 4. The molecule has 0 radical (unpaired) electrons. The summed E-state index contributed by atoms with van der Waals surface area (Å²) >= 11 is 3.24. The first-order chi connectivity index (χ1) is 12.9. The molecular formula is C18H20BrN3O4S. The first-order valence-electron chi connectivity index (χ1n) is 8.24. The fourth-order valence-electron chi connectivity index (χ4n) is 2.15. The maximum Gasteiger partial charge on any atom is 0.251 e. The van der Waals surface area contributed by atoms with Crippen LogP contribution in [0, 0.1) is 0 Å². The van der Waals surface area contributed by atoms with E-state index in [9.17, 15) is 18.0 Å². The molecule has 0 atom stereocenters. The molecule has 0 heterocycles. The maximum atomic E-state index is 12.1. The molecule has 0 spiro atoms. The summed E-state index contributed by atoms with van der Waals surface area (Å²) in [6, 6.07) is 15.0. The molecule has 7 nitrogen and oxygen atoms in total. The van der Waals surface area contributed by atoms with Gasteiger partial charge in [0, 0.05) is 36.1 Å². The molecule has 0 aliphatic rings. The average molecular weight is 454 g/mol. The molecule has 2 aromatic carbocycles. The van der Waals surface area contributed by atoms with E-state index in [1.54, 1.807) is 36.4 Å². The summed E-state index contributed by atoms with van der Waals surface area (Å²) in [5.41, 5.74) is 0.547. The number of rotatable bonds is 9. The van der Waals surface area contributed by atoms with Gasteiger partial charge < -0.3 is 10.6 Å². The molecule has 0 saturated heterocycles. The van der Waals surface area contributed by atoms with Crippen LogP contribution in [0.4, 0.5) is 0 Å². The van der Waals surface area contributed by atoms with Gasteiger partial charge in [0.2, 0.25) is 15.9 Å². The van der Waals surface area contributed by atoms with Crippen LogP contribution in [0.1, 0.15) is 16.8 Å². The van der Waals surface area contributed by atoms with E-state index in [1.807, 2.05) is 6.07 Å². The number of carbonyl (C=O) groups excluding carboxylic acids is 2. The van der Waals surface area contributed by atoms with Crippen molar-refractivity contribution >= 4 is 37.8 Å². The van der Waals surface area contributed by atoms with E-state index < -0.39 is 10.0 Å². The van der Waals surface area contributed by atoms with Gasteiger partial charge in [-0.1, -0.05) is 34.1 Å². The van der Waals surface area contributed by atoms with Gasteiger partial charge in [0.15, 0.2) is 0 Å². The Kier molecular flexibility index (Phi) is 7.96. The minimum absolute atomic E-state index is 0.00237. The lowest BCUT2D eigenvalue weighted by Gasteiger charge is -2.09. The van der Waals surface area contributed by atoms with Gasteiger partial charge in [-0.2, -0.15) is 0 Å². The molecule has 0 aromatic heterocycles. The van der Waals surface area contributed by atoms with E-state index >= 15 is 0 Å². The summed E-state index contributed by atoms with van der Waals surface area (Å²) < 4.78 is 27.3. The average Bonchev–Trinajstić information content (AvgIpc) is 2.66. The van der Waals surface area contributed by atoms with Crippen LogP contribution in [-0.2, 0) is 14.8 Å². The van der Waals surface area contributed by atoms with Crippen molar-refractivity contribution < 1.29 is 18.0 Å². The Hall–Kier alpha value is -2.23. The number of amides is 2. The molecule has 144 valence electrons. The Balaban J connectivity index is 1.65. The van der Waals surface area contributed by atoms with Crippen molar-refractivity contribution in [2.45, 2.75) is 11.3 Å². The van der Waals surface area contributed by atoms with Crippen molar-refractivity contribution in [1.29, 1.82) is 0 Å².